The third-order valence-electron chi connectivity index (χ3n) is 1.81. The molecule has 1 heterocycles. The minimum Gasteiger partial charge on any atom is -0.501 e. The summed E-state index contributed by atoms with van der Waals surface area (Å²) in [5, 5.41) is 10.4. The SMILES string of the molecule is CCC(C1=COCC1)[N+](=O)[O-]. The number of nitro groups is 1. The first-order valence-corrected chi connectivity index (χ1v) is 3.69. The van der Waals surface area contributed by atoms with Crippen molar-refractivity contribution in [2.45, 2.75) is 25.8 Å². The van der Waals surface area contributed by atoms with Crippen LogP contribution in [0.3, 0.4) is 0 Å². The van der Waals surface area contributed by atoms with Crippen molar-refractivity contribution >= 4 is 0 Å². The van der Waals surface area contributed by atoms with Crippen molar-refractivity contribution in [2.75, 3.05) is 6.61 Å². The molecule has 1 aliphatic heterocycles. The van der Waals surface area contributed by atoms with Crippen molar-refractivity contribution in [1.82, 2.24) is 0 Å². The van der Waals surface area contributed by atoms with E-state index in [1.54, 1.807) is 0 Å². The molecule has 0 aliphatic carbocycles. The molecule has 0 saturated heterocycles. The van der Waals surface area contributed by atoms with Gasteiger partial charge in [-0.2, -0.15) is 0 Å². The van der Waals surface area contributed by atoms with Gasteiger partial charge < -0.3 is 4.74 Å². The molecule has 0 amide bonds. The Labute approximate surface area is 65.0 Å². The molecule has 0 aromatic carbocycles. The highest BCUT2D eigenvalue weighted by Gasteiger charge is 2.25. The van der Waals surface area contributed by atoms with Crippen LogP contribution in [0.25, 0.3) is 0 Å². The van der Waals surface area contributed by atoms with Crippen LogP contribution in [0.4, 0.5) is 0 Å². The fourth-order valence-corrected chi connectivity index (χ4v) is 1.19. The lowest BCUT2D eigenvalue weighted by Gasteiger charge is -2.04. The Morgan fingerprint density at radius 2 is 2.64 bits per heavy atom. The van der Waals surface area contributed by atoms with E-state index in [9.17, 15) is 10.1 Å². The van der Waals surface area contributed by atoms with Gasteiger partial charge in [-0.05, 0) is 0 Å². The maximum absolute atomic E-state index is 10.4. The molecule has 0 aromatic heterocycles. The predicted molar refractivity (Wildman–Crippen MR) is 39.7 cm³/mol. The number of hydrogen-bond donors (Lipinski definition) is 0. The summed E-state index contributed by atoms with van der Waals surface area (Å²) in [6.07, 6.45) is 2.78. The minimum atomic E-state index is -0.530. The summed E-state index contributed by atoms with van der Waals surface area (Å²) in [5.74, 6) is 0. The highest BCUT2D eigenvalue weighted by Crippen LogP contribution is 2.18. The lowest BCUT2D eigenvalue weighted by atomic mass is 10.1. The van der Waals surface area contributed by atoms with E-state index in [1.807, 2.05) is 6.92 Å². The van der Waals surface area contributed by atoms with Crippen LogP contribution in [0.15, 0.2) is 11.8 Å². The van der Waals surface area contributed by atoms with E-state index >= 15 is 0 Å². The zero-order valence-corrected chi connectivity index (χ0v) is 6.45. The van der Waals surface area contributed by atoms with E-state index in [4.69, 9.17) is 4.74 Å². The lowest BCUT2D eigenvalue weighted by molar-refractivity contribution is -0.512. The Morgan fingerprint density at radius 1 is 1.91 bits per heavy atom. The average Bonchev–Trinajstić information content (AvgIpc) is 2.40. The Morgan fingerprint density at radius 3 is 3.00 bits per heavy atom. The third kappa shape index (κ3) is 1.69. The van der Waals surface area contributed by atoms with Gasteiger partial charge in [0.15, 0.2) is 0 Å². The number of nitrogens with zero attached hydrogens (tertiary/aromatic N) is 1. The van der Waals surface area contributed by atoms with Gasteiger partial charge in [0.25, 0.3) is 0 Å². The summed E-state index contributed by atoms with van der Waals surface area (Å²) in [5.41, 5.74) is 0.817. The van der Waals surface area contributed by atoms with Gasteiger partial charge in [-0.15, -0.1) is 0 Å². The summed E-state index contributed by atoms with van der Waals surface area (Å²) >= 11 is 0. The molecular weight excluding hydrogens is 146 g/mol. The second kappa shape index (κ2) is 3.37. The predicted octanol–water partition coefficient (Wildman–Crippen LogP) is 1.35. The van der Waals surface area contributed by atoms with Crippen LogP contribution >= 0.6 is 0 Å². The van der Waals surface area contributed by atoms with Crippen molar-refractivity contribution in [2.24, 2.45) is 0 Å². The molecule has 0 fully saturated rings. The largest absolute Gasteiger partial charge is 0.501 e. The smallest absolute Gasteiger partial charge is 0.237 e. The zero-order valence-electron chi connectivity index (χ0n) is 6.45. The molecule has 1 unspecified atom stereocenters. The molecular formula is C7H11NO3. The van der Waals surface area contributed by atoms with E-state index in [1.165, 1.54) is 6.26 Å². The van der Waals surface area contributed by atoms with Gasteiger partial charge in [-0.3, -0.25) is 10.1 Å². The minimum absolute atomic E-state index is 0.249. The highest BCUT2D eigenvalue weighted by molar-refractivity contribution is 5.07. The van der Waals surface area contributed by atoms with Gasteiger partial charge in [0.05, 0.1) is 12.9 Å². The van der Waals surface area contributed by atoms with Crippen LogP contribution in [0.5, 0.6) is 0 Å². The first-order valence-electron chi connectivity index (χ1n) is 3.69. The Balaban J connectivity index is 2.61. The fourth-order valence-electron chi connectivity index (χ4n) is 1.19. The van der Waals surface area contributed by atoms with Crippen LogP contribution in [0.2, 0.25) is 0 Å². The Hall–Kier alpha value is -1.06. The third-order valence-corrected chi connectivity index (χ3v) is 1.81. The first kappa shape index (κ1) is 8.04. The van der Waals surface area contributed by atoms with Crippen molar-refractivity contribution in [3.8, 4) is 0 Å². The topological polar surface area (TPSA) is 52.4 Å². The quantitative estimate of drug-likeness (QED) is 0.459. The van der Waals surface area contributed by atoms with Gasteiger partial charge in [0.1, 0.15) is 0 Å². The molecule has 1 rings (SSSR count). The van der Waals surface area contributed by atoms with Gasteiger partial charge >= 0.3 is 0 Å². The molecule has 11 heavy (non-hydrogen) atoms. The average molecular weight is 157 g/mol. The molecule has 0 N–H and O–H groups in total. The van der Waals surface area contributed by atoms with Crippen molar-refractivity contribution < 1.29 is 9.66 Å². The lowest BCUT2D eigenvalue weighted by Crippen LogP contribution is -2.20. The summed E-state index contributed by atoms with van der Waals surface area (Å²) < 4.78 is 4.92. The van der Waals surface area contributed by atoms with Crippen LogP contribution in [-0.2, 0) is 4.74 Å². The molecule has 62 valence electrons. The molecule has 0 spiro atoms. The number of hydrogen-bond acceptors (Lipinski definition) is 3. The van der Waals surface area contributed by atoms with Crippen LogP contribution in [0, 0.1) is 10.1 Å². The number of rotatable bonds is 3. The van der Waals surface area contributed by atoms with Gasteiger partial charge in [-0.25, -0.2) is 0 Å². The van der Waals surface area contributed by atoms with Crippen LogP contribution in [-0.4, -0.2) is 17.6 Å². The summed E-state index contributed by atoms with van der Waals surface area (Å²) in [7, 11) is 0. The number of ether oxygens (including phenoxy) is 1. The molecule has 1 aliphatic rings. The van der Waals surface area contributed by atoms with Gasteiger partial charge in [0, 0.05) is 23.3 Å². The first-order chi connectivity index (χ1) is 5.25. The fraction of sp³-hybridized carbons (Fsp3) is 0.714. The second-order valence-corrected chi connectivity index (χ2v) is 2.52. The van der Waals surface area contributed by atoms with Gasteiger partial charge in [0.2, 0.25) is 6.04 Å². The molecule has 4 nitrogen and oxygen atoms in total. The summed E-state index contributed by atoms with van der Waals surface area (Å²) in [6.45, 7) is 2.41. The van der Waals surface area contributed by atoms with Crippen molar-refractivity contribution in [3.63, 3.8) is 0 Å². The maximum atomic E-state index is 10.4. The van der Waals surface area contributed by atoms with Crippen molar-refractivity contribution in [3.05, 3.63) is 21.9 Å². The van der Waals surface area contributed by atoms with Gasteiger partial charge in [-0.1, -0.05) is 6.92 Å². The highest BCUT2D eigenvalue weighted by atomic mass is 16.6. The van der Waals surface area contributed by atoms with E-state index in [0.29, 0.717) is 19.4 Å². The van der Waals surface area contributed by atoms with E-state index in [0.717, 1.165) is 5.57 Å². The second-order valence-electron chi connectivity index (χ2n) is 2.52. The maximum Gasteiger partial charge on any atom is 0.237 e. The van der Waals surface area contributed by atoms with E-state index in [2.05, 4.69) is 0 Å². The standard InChI is InChI=1S/C7H11NO3/c1-2-7(8(9)10)6-3-4-11-5-6/h5,7H,2-4H2,1H3. The van der Waals surface area contributed by atoms with Crippen LogP contribution in [0.1, 0.15) is 19.8 Å². The molecule has 0 bridgehead atoms. The van der Waals surface area contributed by atoms with E-state index < -0.39 is 6.04 Å². The Kier molecular flexibility index (Phi) is 2.46. The van der Waals surface area contributed by atoms with E-state index in [-0.39, 0.29) is 4.92 Å². The zero-order chi connectivity index (χ0) is 8.27. The van der Waals surface area contributed by atoms with Crippen molar-refractivity contribution in [1.29, 1.82) is 0 Å². The van der Waals surface area contributed by atoms with Crippen LogP contribution < -0.4 is 0 Å². The monoisotopic (exact) mass is 157 g/mol. The molecule has 4 heteroatoms. The molecule has 0 aromatic rings. The molecule has 0 saturated carbocycles. The Bertz CT molecular complexity index is 188. The normalized spacial score (nSPS) is 18.8. The summed E-state index contributed by atoms with van der Waals surface area (Å²) in [4.78, 5) is 10.2. The molecule has 1 atom stereocenters. The summed E-state index contributed by atoms with van der Waals surface area (Å²) in [6, 6.07) is -0.530. The molecule has 0 radical (unpaired) electrons.